The molecule has 1 amide bonds. The van der Waals surface area contributed by atoms with E-state index in [1.54, 1.807) is 24.0 Å². The van der Waals surface area contributed by atoms with E-state index in [1.807, 2.05) is 23.1 Å². The van der Waals surface area contributed by atoms with Crippen LogP contribution in [0.5, 0.6) is 0 Å². The van der Waals surface area contributed by atoms with Gasteiger partial charge < -0.3 is 4.90 Å². The Bertz CT molecular complexity index is 1040. The van der Waals surface area contributed by atoms with E-state index in [9.17, 15) is 18.0 Å². The van der Waals surface area contributed by atoms with Gasteiger partial charge in [-0.25, -0.2) is 0 Å². The van der Waals surface area contributed by atoms with Gasteiger partial charge in [0.2, 0.25) is 0 Å². The monoisotopic (exact) mass is 414 g/mol. The first kappa shape index (κ1) is 20.1. The van der Waals surface area contributed by atoms with Crippen molar-refractivity contribution in [1.82, 2.24) is 19.7 Å². The van der Waals surface area contributed by atoms with E-state index in [0.29, 0.717) is 18.7 Å². The Hall–Kier alpha value is -3.16. The van der Waals surface area contributed by atoms with Crippen LogP contribution in [0.4, 0.5) is 13.2 Å². The number of likely N-dealkylation sites (tertiary alicyclic amines) is 1. The van der Waals surface area contributed by atoms with Crippen LogP contribution < -0.4 is 0 Å². The number of alkyl halides is 3. The lowest BCUT2D eigenvalue weighted by Gasteiger charge is -2.24. The van der Waals surface area contributed by atoms with E-state index in [-0.39, 0.29) is 11.9 Å². The van der Waals surface area contributed by atoms with Gasteiger partial charge in [-0.3, -0.25) is 14.5 Å². The van der Waals surface area contributed by atoms with Crippen LogP contribution in [0.3, 0.4) is 0 Å². The summed E-state index contributed by atoms with van der Waals surface area (Å²) in [4.78, 5) is 19.5. The molecule has 1 fully saturated rings. The van der Waals surface area contributed by atoms with Crippen molar-refractivity contribution in [3.05, 3.63) is 82.9 Å². The molecule has 0 radical (unpaired) electrons. The Kier molecular flexibility index (Phi) is 5.32. The average Bonchev–Trinajstić information content (AvgIpc) is 3.36. The molecule has 30 heavy (non-hydrogen) atoms. The van der Waals surface area contributed by atoms with Crippen LogP contribution in [0.2, 0.25) is 0 Å². The SMILES string of the molecule is Cn1nccc1C(=O)N1CCC[C@H]1c1cccc(Cc2ccc(C(F)(F)F)cc2)n1. The number of hydrogen-bond acceptors (Lipinski definition) is 3. The van der Waals surface area contributed by atoms with Crippen LogP contribution in [0.1, 0.15) is 51.9 Å². The van der Waals surface area contributed by atoms with Crippen molar-refractivity contribution in [2.24, 2.45) is 7.05 Å². The first-order chi connectivity index (χ1) is 14.3. The van der Waals surface area contributed by atoms with E-state index >= 15 is 0 Å². The zero-order valence-corrected chi connectivity index (χ0v) is 16.4. The smallest absolute Gasteiger partial charge is 0.329 e. The second-order valence-electron chi connectivity index (χ2n) is 7.42. The van der Waals surface area contributed by atoms with Gasteiger partial charge in [0.1, 0.15) is 5.69 Å². The number of hydrogen-bond donors (Lipinski definition) is 0. The molecule has 0 spiro atoms. The summed E-state index contributed by atoms with van der Waals surface area (Å²) in [6, 6.07) is 12.3. The van der Waals surface area contributed by atoms with Crippen LogP contribution in [0.25, 0.3) is 0 Å². The molecule has 4 rings (SSSR count). The van der Waals surface area contributed by atoms with Crippen molar-refractivity contribution in [2.45, 2.75) is 31.5 Å². The minimum absolute atomic E-state index is 0.0764. The number of halogens is 3. The van der Waals surface area contributed by atoms with Gasteiger partial charge in [0.25, 0.3) is 5.91 Å². The Balaban J connectivity index is 1.53. The van der Waals surface area contributed by atoms with E-state index in [2.05, 4.69) is 5.10 Å². The predicted octanol–water partition coefficient (Wildman–Crippen LogP) is 4.40. The summed E-state index contributed by atoms with van der Waals surface area (Å²) in [7, 11) is 1.74. The minimum atomic E-state index is -4.34. The fourth-order valence-electron chi connectivity index (χ4n) is 3.85. The van der Waals surface area contributed by atoms with Gasteiger partial charge in [-0.15, -0.1) is 0 Å². The van der Waals surface area contributed by atoms with E-state index in [1.165, 1.54) is 12.1 Å². The van der Waals surface area contributed by atoms with Crippen molar-refractivity contribution in [3.63, 3.8) is 0 Å². The molecular formula is C22H21F3N4O. The van der Waals surface area contributed by atoms with Crippen molar-refractivity contribution >= 4 is 5.91 Å². The summed E-state index contributed by atoms with van der Waals surface area (Å²) < 4.78 is 39.8. The Labute approximate surface area is 172 Å². The van der Waals surface area contributed by atoms with Crippen LogP contribution >= 0.6 is 0 Å². The number of nitrogens with zero attached hydrogens (tertiary/aromatic N) is 4. The third-order valence-electron chi connectivity index (χ3n) is 5.39. The zero-order valence-electron chi connectivity index (χ0n) is 16.4. The molecule has 156 valence electrons. The van der Waals surface area contributed by atoms with Crippen LogP contribution in [-0.2, 0) is 19.6 Å². The third-order valence-corrected chi connectivity index (χ3v) is 5.39. The maximum Gasteiger partial charge on any atom is 0.416 e. The molecule has 3 aromatic rings. The number of amides is 1. The van der Waals surface area contributed by atoms with E-state index in [0.717, 1.165) is 41.9 Å². The minimum Gasteiger partial charge on any atom is -0.329 e. The van der Waals surface area contributed by atoms with Gasteiger partial charge in [0, 0.05) is 31.9 Å². The molecule has 1 saturated heterocycles. The van der Waals surface area contributed by atoms with E-state index < -0.39 is 11.7 Å². The molecule has 0 N–H and O–H groups in total. The summed E-state index contributed by atoms with van der Waals surface area (Å²) in [6.45, 7) is 0.652. The standard InChI is InChI=1S/C22H21F3N4O/c1-28-20(11-12-26-28)21(30)29-13-3-6-19(29)18-5-2-4-17(27-18)14-15-7-9-16(10-8-15)22(23,24)25/h2,4-5,7-12,19H,3,6,13-14H2,1H3/t19-/m0/s1. The van der Waals surface area contributed by atoms with Gasteiger partial charge in [-0.2, -0.15) is 18.3 Å². The molecule has 0 saturated carbocycles. The molecule has 5 nitrogen and oxygen atoms in total. The van der Waals surface area contributed by atoms with Crippen molar-refractivity contribution in [2.75, 3.05) is 6.54 Å². The Morgan fingerprint density at radius 2 is 1.90 bits per heavy atom. The molecule has 0 unspecified atom stereocenters. The first-order valence-corrected chi connectivity index (χ1v) is 9.74. The second-order valence-corrected chi connectivity index (χ2v) is 7.42. The number of aromatic nitrogens is 3. The van der Waals surface area contributed by atoms with Crippen LogP contribution in [0, 0.1) is 0 Å². The number of carbonyl (C=O) groups is 1. The fraction of sp³-hybridized carbons (Fsp3) is 0.318. The molecule has 3 heterocycles. The number of rotatable bonds is 4. The molecule has 1 atom stereocenters. The highest BCUT2D eigenvalue weighted by Crippen LogP contribution is 2.33. The summed E-state index contributed by atoms with van der Waals surface area (Å²) in [5, 5.41) is 4.07. The lowest BCUT2D eigenvalue weighted by molar-refractivity contribution is -0.137. The van der Waals surface area contributed by atoms with Gasteiger partial charge in [0.15, 0.2) is 0 Å². The molecule has 0 bridgehead atoms. The average molecular weight is 414 g/mol. The van der Waals surface area contributed by atoms with Crippen molar-refractivity contribution in [1.29, 1.82) is 0 Å². The number of pyridine rings is 1. The summed E-state index contributed by atoms with van der Waals surface area (Å²) >= 11 is 0. The molecule has 1 aliphatic heterocycles. The summed E-state index contributed by atoms with van der Waals surface area (Å²) in [6.07, 6.45) is -0.613. The highest BCUT2D eigenvalue weighted by Gasteiger charge is 2.33. The highest BCUT2D eigenvalue weighted by molar-refractivity contribution is 5.93. The maximum atomic E-state index is 12.9. The largest absolute Gasteiger partial charge is 0.416 e. The lowest BCUT2D eigenvalue weighted by Crippen LogP contribution is -2.32. The third kappa shape index (κ3) is 4.08. The second kappa shape index (κ2) is 7.93. The molecule has 2 aromatic heterocycles. The van der Waals surface area contributed by atoms with Gasteiger partial charge in [0.05, 0.1) is 17.3 Å². The Morgan fingerprint density at radius 3 is 2.57 bits per heavy atom. The van der Waals surface area contributed by atoms with Crippen molar-refractivity contribution in [3.8, 4) is 0 Å². The lowest BCUT2D eigenvalue weighted by atomic mass is 10.1. The quantitative estimate of drug-likeness (QED) is 0.636. The fourth-order valence-corrected chi connectivity index (χ4v) is 3.85. The number of benzene rings is 1. The van der Waals surface area contributed by atoms with Crippen LogP contribution in [0.15, 0.2) is 54.7 Å². The number of carbonyl (C=O) groups excluding carboxylic acids is 1. The molecular weight excluding hydrogens is 393 g/mol. The summed E-state index contributed by atoms with van der Waals surface area (Å²) in [5.74, 6) is -0.0764. The van der Waals surface area contributed by atoms with Gasteiger partial charge in [-0.05, 0) is 48.7 Å². The highest BCUT2D eigenvalue weighted by atomic mass is 19.4. The first-order valence-electron chi connectivity index (χ1n) is 9.74. The molecule has 8 heteroatoms. The van der Waals surface area contributed by atoms with Gasteiger partial charge >= 0.3 is 6.18 Å². The number of aryl methyl sites for hydroxylation is 1. The van der Waals surface area contributed by atoms with Gasteiger partial charge in [-0.1, -0.05) is 18.2 Å². The summed E-state index contributed by atoms with van der Waals surface area (Å²) in [5.41, 5.74) is 2.17. The van der Waals surface area contributed by atoms with Crippen LogP contribution in [-0.4, -0.2) is 32.1 Å². The topological polar surface area (TPSA) is 51.0 Å². The predicted molar refractivity (Wildman–Crippen MR) is 105 cm³/mol. The zero-order chi connectivity index (χ0) is 21.3. The van der Waals surface area contributed by atoms with Crippen molar-refractivity contribution < 1.29 is 18.0 Å². The maximum absolute atomic E-state index is 12.9. The molecule has 1 aromatic carbocycles. The van der Waals surface area contributed by atoms with E-state index in [4.69, 9.17) is 4.98 Å². The molecule has 1 aliphatic rings. The normalized spacial score (nSPS) is 16.8. The molecule has 0 aliphatic carbocycles. The Morgan fingerprint density at radius 1 is 1.13 bits per heavy atom.